The highest BCUT2D eigenvalue weighted by Gasteiger charge is 2.76. The molecule has 1 fully saturated rings. The van der Waals surface area contributed by atoms with Crippen LogP contribution in [0.2, 0.25) is 0 Å². The Kier molecular flexibility index (Phi) is 6.05. The molecule has 1 saturated carbocycles. The van der Waals surface area contributed by atoms with E-state index >= 15 is 0 Å². The van der Waals surface area contributed by atoms with Crippen molar-refractivity contribution in [3.63, 3.8) is 0 Å². The molecular weight excluding hydrogens is 633 g/mol. The average Bonchev–Trinajstić information content (AvgIpc) is 3.42. The maximum Gasteiger partial charge on any atom is 0.0795 e. The minimum absolute atomic E-state index is 0.126. The molecule has 4 N–H and O–H groups in total. The van der Waals surface area contributed by atoms with Gasteiger partial charge in [0.25, 0.3) is 0 Å². The van der Waals surface area contributed by atoms with Crippen molar-refractivity contribution in [2.45, 2.75) is 17.0 Å². The van der Waals surface area contributed by atoms with Gasteiger partial charge in [0, 0.05) is 50.3 Å². The van der Waals surface area contributed by atoms with Crippen LogP contribution >= 0.6 is 0 Å². The van der Waals surface area contributed by atoms with Crippen molar-refractivity contribution in [2.75, 3.05) is 0 Å². The van der Waals surface area contributed by atoms with Crippen molar-refractivity contribution >= 4 is 54.4 Å². The van der Waals surface area contributed by atoms with Gasteiger partial charge in [-0.05, 0) is 58.3 Å². The quantitative estimate of drug-likeness (QED) is 0.192. The molecule has 2 aromatic heterocycles. The second-order valence-corrected chi connectivity index (χ2v) is 14.5. The van der Waals surface area contributed by atoms with E-state index in [1.54, 1.807) is 0 Å². The number of para-hydroxylation sites is 3. The van der Waals surface area contributed by atoms with Gasteiger partial charge in [-0.1, -0.05) is 146 Å². The Morgan fingerprint density at radius 3 is 1.52 bits per heavy atom. The van der Waals surface area contributed by atoms with E-state index in [0.717, 1.165) is 16.9 Å². The van der Waals surface area contributed by atoms with Gasteiger partial charge in [-0.25, -0.2) is 0 Å². The second-order valence-electron chi connectivity index (χ2n) is 14.5. The molecule has 2 heterocycles. The summed E-state index contributed by atoms with van der Waals surface area (Å²) in [7, 11) is 0. The monoisotopic (exact) mass is 668 g/mol. The SMILES string of the molecule is NC(c1ccc(-n2c3ccccc3c3c4ccccc4c4c5ccccc5n(-c5ccccc5)c4c32)cc1)[C@]1(c2ccccc2)C2C=CC=CC21N. The number of fused-ring (bicyclic) bond motifs is 11. The average molecular weight is 669 g/mol. The minimum atomic E-state index is -0.536. The van der Waals surface area contributed by atoms with E-state index in [9.17, 15) is 0 Å². The van der Waals surface area contributed by atoms with Gasteiger partial charge in [0.1, 0.15) is 0 Å². The van der Waals surface area contributed by atoms with E-state index in [0.29, 0.717) is 0 Å². The fourth-order valence-corrected chi connectivity index (χ4v) is 9.90. The minimum Gasteiger partial charge on any atom is -0.323 e. The lowest BCUT2D eigenvalue weighted by Crippen LogP contribution is -2.39. The first kappa shape index (κ1) is 29.5. The van der Waals surface area contributed by atoms with Gasteiger partial charge in [-0.15, -0.1) is 0 Å². The van der Waals surface area contributed by atoms with Crippen molar-refractivity contribution < 1.29 is 0 Å². The van der Waals surface area contributed by atoms with Gasteiger partial charge in [-0.3, -0.25) is 0 Å². The molecule has 4 atom stereocenters. The highest BCUT2D eigenvalue weighted by Crippen LogP contribution is 2.69. The molecule has 2 aliphatic rings. The Balaban J connectivity index is 1.20. The van der Waals surface area contributed by atoms with E-state index in [2.05, 4.69) is 191 Å². The molecule has 9 aromatic rings. The largest absolute Gasteiger partial charge is 0.323 e. The third-order valence-corrected chi connectivity index (χ3v) is 12.1. The Morgan fingerprint density at radius 2 is 0.981 bits per heavy atom. The molecule has 0 amide bonds. The van der Waals surface area contributed by atoms with E-state index in [-0.39, 0.29) is 12.0 Å². The molecule has 52 heavy (non-hydrogen) atoms. The van der Waals surface area contributed by atoms with Gasteiger partial charge in [0.15, 0.2) is 0 Å². The van der Waals surface area contributed by atoms with Crippen molar-refractivity contribution in [2.24, 2.45) is 17.4 Å². The first-order valence-corrected chi connectivity index (χ1v) is 18.1. The first-order chi connectivity index (χ1) is 25.6. The van der Waals surface area contributed by atoms with E-state index in [4.69, 9.17) is 11.5 Å². The van der Waals surface area contributed by atoms with Crippen LogP contribution in [0.3, 0.4) is 0 Å². The lowest BCUT2D eigenvalue weighted by molar-refractivity contribution is 0.483. The summed E-state index contributed by atoms with van der Waals surface area (Å²) in [6, 6.07) is 56.5. The predicted molar refractivity (Wildman–Crippen MR) is 216 cm³/mol. The summed E-state index contributed by atoms with van der Waals surface area (Å²) in [5.41, 5.74) is 22.8. The summed E-state index contributed by atoms with van der Waals surface area (Å²) in [6.45, 7) is 0. The maximum absolute atomic E-state index is 7.37. The van der Waals surface area contributed by atoms with Crippen LogP contribution in [0.1, 0.15) is 17.2 Å². The molecule has 248 valence electrons. The van der Waals surface area contributed by atoms with E-state index < -0.39 is 11.0 Å². The smallest absolute Gasteiger partial charge is 0.0795 e. The van der Waals surface area contributed by atoms with Crippen molar-refractivity contribution in [1.29, 1.82) is 0 Å². The fourth-order valence-electron chi connectivity index (χ4n) is 9.90. The Morgan fingerprint density at radius 1 is 0.500 bits per heavy atom. The Bertz CT molecular complexity index is 2930. The lowest BCUT2D eigenvalue weighted by atomic mass is 9.79. The van der Waals surface area contributed by atoms with E-state index in [1.807, 2.05) is 0 Å². The number of nitrogens with two attached hydrogens (primary N) is 2. The molecule has 0 aliphatic heterocycles. The van der Waals surface area contributed by atoms with Crippen molar-refractivity contribution in [3.05, 3.63) is 193 Å². The number of nitrogens with zero attached hydrogens (tertiary/aromatic N) is 2. The second kappa shape index (κ2) is 10.7. The Labute approximate surface area is 301 Å². The normalized spacial score (nSPS) is 21.4. The third-order valence-electron chi connectivity index (χ3n) is 12.1. The summed E-state index contributed by atoms with van der Waals surface area (Å²) >= 11 is 0. The van der Waals surface area contributed by atoms with Gasteiger partial charge < -0.3 is 20.6 Å². The molecule has 0 spiro atoms. The summed E-state index contributed by atoms with van der Waals surface area (Å²) < 4.78 is 4.92. The zero-order chi connectivity index (χ0) is 34.6. The molecule has 0 bridgehead atoms. The molecule has 3 unspecified atom stereocenters. The Hall–Kier alpha value is -6.20. The molecule has 0 radical (unpaired) electrons. The molecular formula is C48H36N4. The summed E-state index contributed by atoms with van der Waals surface area (Å²) in [6.07, 6.45) is 8.56. The fraction of sp³-hybridized carbons (Fsp3) is 0.0833. The van der Waals surface area contributed by atoms with Crippen LogP contribution in [0.4, 0.5) is 0 Å². The van der Waals surface area contributed by atoms with Crippen LogP contribution in [0.25, 0.3) is 65.8 Å². The van der Waals surface area contributed by atoms with Crippen molar-refractivity contribution in [3.8, 4) is 11.4 Å². The zero-order valence-electron chi connectivity index (χ0n) is 28.5. The van der Waals surface area contributed by atoms with Crippen LogP contribution in [0.15, 0.2) is 182 Å². The first-order valence-electron chi connectivity index (χ1n) is 18.1. The number of rotatable bonds is 5. The predicted octanol–water partition coefficient (Wildman–Crippen LogP) is 10.4. The number of benzene rings is 7. The molecule has 7 aromatic carbocycles. The lowest BCUT2D eigenvalue weighted by Gasteiger charge is -2.29. The molecule has 4 nitrogen and oxygen atoms in total. The van der Waals surface area contributed by atoms with Gasteiger partial charge in [0.05, 0.1) is 27.6 Å². The molecule has 2 aliphatic carbocycles. The molecule has 4 heteroatoms. The zero-order valence-corrected chi connectivity index (χ0v) is 28.5. The van der Waals surface area contributed by atoms with Gasteiger partial charge in [-0.2, -0.15) is 0 Å². The van der Waals surface area contributed by atoms with Crippen LogP contribution < -0.4 is 11.5 Å². The van der Waals surface area contributed by atoms with Gasteiger partial charge >= 0.3 is 0 Å². The maximum atomic E-state index is 7.37. The molecule has 0 saturated heterocycles. The van der Waals surface area contributed by atoms with Gasteiger partial charge in [0.2, 0.25) is 0 Å². The summed E-state index contributed by atoms with van der Waals surface area (Å²) in [5, 5.41) is 7.51. The number of aromatic nitrogens is 2. The van der Waals surface area contributed by atoms with Crippen LogP contribution in [-0.2, 0) is 5.41 Å². The third kappa shape index (κ3) is 3.67. The molecule has 11 rings (SSSR count). The van der Waals surface area contributed by atoms with Crippen LogP contribution in [-0.4, -0.2) is 14.7 Å². The summed E-state index contributed by atoms with van der Waals surface area (Å²) in [4.78, 5) is 0. The topological polar surface area (TPSA) is 61.9 Å². The summed E-state index contributed by atoms with van der Waals surface area (Å²) in [5.74, 6) is 0.126. The standard InChI is InChI=1S/C48H36N4/c49-46(48(32-15-3-1-4-16-32)41-25-13-14-30-47(41,48)50)31-26-28-34(29-27-31)52-40-24-12-10-22-38(40)43-36-20-8-7-19-35(36)42-37-21-9-11-23-39(37)51(44(42)45(43)52)33-17-5-2-6-18-33/h1-30,41,46H,49-50H2/t41?,46?,47?,48-/m0/s1. The van der Waals surface area contributed by atoms with Crippen molar-refractivity contribution in [1.82, 2.24) is 9.13 Å². The van der Waals surface area contributed by atoms with Crippen LogP contribution in [0.5, 0.6) is 0 Å². The number of hydrogen-bond acceptors (Lipinski definition) is 2. The van der Waals surface area contributed by atoms with Crippen LogP contribution in [0, 0.1) is 5.92 Å². The highest BCUT2D eigenvalue weighted by molar-refractivity contribution is 6.36. The number of allylic oxidation sites excluding steroid dienone is 2. The van der Waals surface area contributed by atoms with E-state index in [1.165, 1.54) is 59.9 Å². The highest BCUT2D eigenvalue weighted by atomic mass is 15.0. The number of hydrogen-bond donors (Lipinski definition) is 2.